The predicted molar refractivity (Wildman–Crippen MR) is 113 cm³/mol. The molecule has 0 aliphatic heterocycles. The smallest absolute Gasteiger partial charge is 0.119 e. The molecule has 0 amide bonds. The van der Waals surface area contributed by atoms with Crippen LogP contribution in [0.1, 0.15) is 29.5 Å². The highest BCUT2D eigenvalue weighted by atomic mass is 16.5. The number of aliphatic hydroxyl groups excluding tert-OH is 1. The third-order valence-corrected chi connectivity index (χ3v) is 5.04. The van der Waals surface area contributed by atoms with E-state index in [1.165, 1.54) is 16.7 Å². The third-order valence-electron chi connectivity index (χ3n) is 5.04. The maximum atomic E-state index is 9.38. The van der Waals surface area contributed by atoms with Gasteiger partial charge in [-0.25, -0.2) is 0 Å². The molecule has 3 nitrogen and oxygen atoms in total. The largest absolute Gasteiger partial charge is 0.497 e. The van der Waals surface area contributed by atoms with Gasteiger partial charge in [0.05, 0.1) is 13.7 Å². The zero-order valence-electron chi connectivity index (χ0n) is 16.5. The van der Waals surface area contributed by atoms with Gasteiger partial charge in [-0.1, -0.05) is 42.5 Å². The number of rotatable bonds is 6. The number of methoxy groups -OCH3 is 1. The Morgan fingerprint density at radius 3 is 2.70 bits per heavy atom. The number of hydrogen-bond acceptors (Lipinski definition) is 3. The molecule has 0 aromatic heterocycles. The molecule has 1 aliphatic carbocycles. The van der Waals surface area contributed by atoms with Crippen LogP contribution in [0.15, 0.2) is 60.2 Å². The lowest BCUT2D eigenvalue weighted by atomic mass is 9.81. The number of allylic oxidation sites excluding steroid dienone is 2. The summed E-state index contributed by atoms with van der Waals surface area (Å²) in [5.41, 5.74) is 6.03. The Morgan fingerprint density at radius 2 is 1.96 bits per heavy atom. The van der Waals surface area contributed by atoms with Crippen LogP contribution in [-0.4, -0.2) is 37.8 Å². The molecule has 27 heavy (non-hydrogen) atoms. The van der Waals surface area contributed by atoms with Gasteiger partial charge in [0.15, 0.2) is 0 Å². The molecule has 0 fully saturated rings. The summed E-state index contributed by atoms with van der Waals surface area (Å²) in [5.74, 6) is 1.40. The summed E-state index contributed by atoms with van der Waals surface area (Å²) in [6, 6.07) is 16.5. The highest BCUT2D eigenvalue weighted by Crippen LogP contribution is 2.37. The normalized spacial score (nSPS) is 18.6. The van der Waals surface area contributed by atoms with Gasteiger partial charge in [-0.2, -0.15) is 0 Å². The molecular weight excluding hydrogens is 334 g/mol. The SMILES string of the molecule is COc1cccc(C2=C/C(=C/c3cccc(CO)c3)CC[C@@H]2CN(C)C)c1. The summed E-state index contributed by atoms with van der Waals surface area (Å²) in [6.45, 7) is 1.11. The van der Waals surface area contributed by atoms with E-state index in [0.717, 1.165) is 36.3 Å². The second-order valence-electron chi connectivity index (χ2n) is 7.45. The maximum Gasteiger partial charge on any atom is 0.119 e. The first-order valence-corrected chi connectivity index (χ1v) is 9.50. The Labute approximate surface area is 162 Å². The Balaban J connectivity index is 1.98. The van der Waals surface area contributed by atoms with E-state index in [1.54, 1.807) is 7.11 Å². The van der Waals surface area contributed by atoms with Crippen molar-refractivity contribution in [1.82, 2.24) is 4.90 Å². The standard InChI is InChI=1S/C24H29NO2/c1-25(2)16-22-11-10-19(12-18-6-4-7-20(13-18)17-26)14-24(22)21-8-5-9-23(15-21)27-3/h4-9,12-15,22,26H,10-11,16-17H2,1-3H3/b19-12+/t22-/m1/s1. The quantitative estimate of drug-likeness (QED) is 0.812. The predicted octanol–water partition coefficient (Wildman–Crippen LogP) is 4.63. The van der Waals surface area contributed by atoms with Crippen molar-refractivity contribution in [3.63, 3.8) is 0 Å². The van der Waals surface area contributed by atoms with E-state index in [2.05, 4.69) is 61.5 Å². The van der Waals surface area contributed by atoms with E-state index in [4.69, 9.17) is 4.74 Å². The lowest BCUT2D eigenvalue weighted by Gasteiger charge is -2.29. The van der Waals surface area contributed by atoms with Crippen LogP contribution in [0.25, 0.3) is 11.6 Å². The Kier molecular flexibility index (Phi) is 6.49. The molecule has 1 atom stereocenters. The van der Waals surface area contributed by atoms with E-state index in [0.29, 0.717) is 5.92 Å². The Hall–Kier alpha value is -2.36. The van der Waals surface area contributed by atoms with Crippen LogP contribution in [0, 0.1) is 5.92 Å². The fourth-order valence-corrected chi connectivity index (χ4v) is 3.75. The molecular formula is C24H29NO2. The van der Waals surface area contributed by atoms with Crippen LogP contribution in [-0.2, 0) is 6.61 Å². The maximum absolute atomic E-state index is 9.38. The molecule has 0 bridgehead atoms. The van der Waals surface area contributed by atoms with E-state index in [9.17, 15) is 5.11 Å². The first kappa shape index (κ1) is 19.4. The molecule has 2 aromatic carbocycles. The number of aliphatic hydroxyl groups is 1. The Bertz CT molecular complexity index is 836. The van der Waals surface area contributed by atoms with Crippen LogP contribution in [0.2, 0.25) is 0 Å². The average molecular weight is 364 g/mol. The minimum absolute atomic E-state index is 0.0762. The molecule has 0 heterocycles. The highest BCUT2D eigenvalue weighted by molar-refractivity contribution is 5.75. The van der Waals surface area contributed by atoms with E-state index >= 15 is 0 Å². The fourth-order valence-electron chi connectivity index (χ4n) is 3.75. The van der Waals surface area contributed by atoms with Gasteiger partial charge in [0.25, 0.3) is 0 Å². The zero-order valence-corrected chi connectivity index (χ0v) is 16.5. The fraction of sp³-hybridized carbons (Fsp3) is 0.333. The summed E-state index contributed by atoms with van der Waals surface area (Å²) >= 11 is 0. The van der Waals surface area contributed by atoms with Gasteiger partial charge in [-0.05, 0) is 78.9 Å². The van der Waals surface area contributed by atoms with Crippen molar-refractivity contribution in [3.05, 3.63) is 76.9 Å². The molecule has 0 saturated heterocycles. The van der Waals surface area contributed by atoms with Gasteiger partial charge >= 0.3 is 0 Å². The van der Waals surface area contributed by atoms with E-state index in [1.807, 2.05) is 18.2 Å². The van der Waals surface area contributed by atoms with E-state index < -0.39 is 0 Å². The average Bonchev–Trinajstić information content (AvgIpc) is 2.69. The molecule has 0 unspecified atom stereocenters. The van der Waals surface area contributed by atoms with Crippen molar-refractivity contribution in [2.75, 3.05) is 27.7 Å². The summed E-state index contributed by atoms with van der Waals surface area (Å²) in [4.78, 5) is 2.26. The molecule has 142 valence electrons. The second-order valence-corrected chi connectivity index (χ2v) is 7.45. The van der Waals surface area contributed by atoms with Crippen molar-refractivity contribution in [2.24, 2.45) is 5.92 Å². The van der Waals surface area contributed by atoms with Crippen molar-refractivity contribution in [2.45, 2.75) is 19.4 Å². The summed E-state index contributed by atoms with van der Waals surface area (Å²) < 4.78 is 5.43. The molecule has 3 heteroatoms. The molecule has 0 radical (unpaired) electrons. The minimum Gasteiger partial charge on any atom is -0.497 e. The number of benzene rings is 2. The summed E-state index contributed by atoms with van der Waals surface area (Å²) in [7, 11) is 5.98. The molecule has 3 rings (SSSR count). The lowest BCUT2D eigenvalue weighted by molar-refractivity contribution is 0.282. The highest BCUT2D eigenvalue weighted by Gasteiger charge is 2.22. The number of nitrogens with zero attached hydrogens (tertiary/aromatic N) is 1. The first-order valence-electron chi connectivity index (χ1n) is 9.50. The Morgan fingerprint density at radius 1 is 1.15 bits per heavy atom. The third kappa shape index (κ3) is 5.09. The van der Waals surface area contributed by atoms with Gasteiger partial charge in [-0.3, -0.25) is 0 Å². The van der Waals surface area contributed by atoms with Crippen LogP contribution in [0.3, 0.4) is 0 Å². The topological polar surface area (TPSA) is 32.7 Å². The van der Waals surface area contributed by atoms with Gasteiger partial charge < -0.3 is 14.7 Å². The molecule has 2 aromatic rings. The van der Waals surface area contributed by atoms with Crippen molar-refractivity contribution in [3.8, 4) is 5.75 Å². The molecule has 0 spiro atoms. The van der Waals surface area contributed by atoms with Crippen molar-refractivity contribution < 1.29 is 9.84 Å². The van der Waals surface area contributed by atoms with Crippen LogP contribution in [0.4, 0.5) is 0 Å². The lowest BCUT2D eigenvalue weighted by Crippen LogP contribution is -2.24. The van der Waals surface area contributed by atoms with E-state index in [-0.39, 0.29) is 6.61 Å². The second kappa shape index (κ2) is 9.03. The van der Waals surface area contributed by atoms with Crippen LogP contribution >= 0.6 is 0 Å². The van der Waals surface area contributed by atoms with Crippen LogP contribution in [0.5, 0.6) is 5.75 Å². The molecule has 1 aliphatic rings. The summed E-state index contributed by atoms with van der Waals surface area (Å²) in [5, 5.41) is 9.38. The monoisotopic (exact) mass is 363 g/mol. The minimum atomic E-state index is 0.0762. The van der Waals surface area contributed by atoms with Crippen molar-refractivity contribution >= 4 is 11.6 Å². The van der Waals surface area contributed by atoms with Gasteiger partial charge in [0, 0.05) is 6.54 Å². The summed E-state index contributed by atoms with van der Waals surface area (Å²) in [6.07, 6.45) is 6.78. The zero-order chi connectivity index (χ0) is 19.2. The van der Waals surface area contributed by atoms with Gasteiger partial charge in [0.2, 0.25) is 0 Å². The first-order chi connectivity index (χ1) is 13.1. The number of ether oxygens (including phenoxy) is 1. The van der Waals surface area contributed by atoms with Crippen LogP contribution < -0.4 is 4.74 Å². The van der Waals surface area contributed by atoms with Gasteiger partial charge in [-0.15, -0.1) is 0 Å². The number of hydrogen-bond donors (Lipinski definition) is 1. The van der Waals surface area contributed by atoms with Gasteiger partial charge in [0.1, 0.15) is 5.75 Å². The van der Waals surface area contributed by atoms with Crippen molar-refractivity contribution in [1.29, 1.82) is 0 Å². The molecule has 1 N–H and O–H groups in total. The molecule has 0 saturated carbocycles.